The average Bonchev–Trinajstić information content (AvgIpc) is 2.97. The van der Waals surface area contributed by atoms with E-state index in [-0.39, 0.29) is 15.8 Å². The van der Waals surface area contributed by atoms with Gasteiger partial charge in [0.15, 0.2) is 0 Å². The third-order valence-corrected chi connectivity index (χ3v) is 7.37. The predicted molar refractivity (Wildman–Crippen MR) is 82.3 cm³/mol. The number of carboxylic acid groups (broad SMARTS) is 1. The van der Waals surface area contributed by atoms with Gasteiger partial charge in [-0.3, -0.25) is 0 Å². The van der Waals surface area contributed by atoms with Crippen molar-refractivity contribution in [2.75, 3.05) is 7.05 Å². The Hall–Kier alpha value is -0.920. The number of rotatable bonds is 5. The fourth-order valence-electron chi connectivity index (χ4n) is 2.92. The Morgan fingerprint density at radius 3 is 2.52 bits per heavy atom. The Labute approximate surface area is 129 Å². The third kappa shape index (κ3) is 3.30. The average molecular weight is 331 g/mol. The van der Waals surface area contributed by atoms with Crippen LogP contribution in [-0.4, -0.2) is 36.9 Å². The lowest BCUT2D eigenvalue weighted by Crippen LogP contribution is -2.39. The van der Waals surface area contributed by atoms with Crippen molar-refractivity contribution in [3.05, 3.63) is 16.3 Å². The molecule has 118 valence electrons. The van der Waals surface area contributed by atoms with Gasteiger partial charge in [-0.25, -0.2) is 13.2 Å². The minimum atomic E-state index is -3.73. The molecule has 1 fully saturated rings. The molecule has 0 spiro atoms. The van der Waals surface area contributed by atoms with Crippen LogP contribution < -0.4 is 0 Å². The first-order valence-corrected chi connectivity index (χ1v) is 9.48. The summed E-state index contributed by atoms with van der Waals surface area (Å²) in [7, 11) is -2.17. The summed E-state index contributed by atoms with van der Waals surface area (Å²) in [6, 6.07) is 1.36. The van der Waals surface area contributed by atoms with Crippen LogP contribution in [0.4, 0.5) is 0 Å². The molecular weight excluding hydrogens is 310 g/mol. The molecule has 0 amide bonds. The second-order valence-corrected chi connectivity index (χ2v) is 8.41. The Morgan fingerprint density at radius 1 is 1.38 bits per heavy atom. The molecule has 0 saturated heterocycles. The molecule has 1 heterocycles. The first-order chi connectivity index (χ1) is 9.87. The number of hydrogen-bond donors (Lipinski definition) is 1. The fraction of sp³-hybridized carbons (Fsp3) is 0.643. The van der Waals surface area contributed by atoms with Crippen LogP contribution in [0.1, 0.15) is 48.7 Å². The zero-order valence-electron chi connectivity index (χ0n) is 12.3. The quantitative estimate of drug-likeness (QED) is 0.900. The van der Waals surface area contributed by atoms with Gasteiger partial charge >= 0.3 is 5.97 Å². The second kappa shape index (κ2) is 6.46. The summed E-state index contributed by atoms with van der Waals surface area (Å²) >= 11 is 0.947. The van der Waals surface area contributed by atoms with E-state index in [2.05, 4.69) is 6.92 Å². The van der Waals surface area contributed by atoms with Gasteiger partial charge in [0, 0.05) is 13.1 Å². The molecule has 1 aromatic rings. The van der Waals surface area contributed by atoms with E-state index >= 15 is 0 Å². The highest BCUT2D eigenvalue weighted by molar-refractivity contribution is 7.89. The lowest BCUT2D eigenvalue weighted by atomic mass is 9.85. The van der Waals surface area contributed by atoms with Crippen molar-refractivity contribution in [1.82, 2.24) is 4.31 Å². The van der Waals surface area contributed by atoms with Crippen molar-refractivity contribution in [3.63, 3.8) is 0 Å². The van der Waals surface area contributed by atoms with Gasteiger partial charge in [-0.1, -0.05) is 13.3 Å². The molecule has 0 unspecified atom stereocenters. The molecule has 1 N–H and O–H groups in total. The highest BCUT2D eigenvalue weighted by atomic mass is 32.2. The number of carboxylic acids is 1. The van der Waals surface area contributed by atoms with Crippen LogP contribution in [0, 0.1) is 5.92 Å². The fourth-order valence-corrected chi connectivity index (χ4v) is 5.57. The van der Waals surface area contributed by atoms with Crippen LogP contribution in [0.15, 0.2) is 16.3 Å². The molecule has 5 nitrogen and oxygen atoms in total. The van der Waals surface area contributed by atoms with Crippen molar-refractivity contribution in [2.24, 2.45) is 5.92 Å². The highest BCUT2D eigenvalue weighted by Gasteiger charge is 2.34. The first kappa shape index (κ1) is 16.5. The van der Waals surface area contributed by atoms with Crippen molar-refractivity contribution in [2.45, 2.75) is 50.0 Å². The maximum Gasteiger partial charge on any atom is 0.347 e. The maximum atomic E-state index is 12.6. The van der Waals surface area contributed by atoms with Gasteiger partial charge in [0.2, 0.25) is 10.0 Å². The van der Waals surface area contributed by atoms with Gasteiger partial charge in [0.1, 0.15) is 9.77 Å². The minimum Gasteiger partial charge on any atom is -0.477 e. The molecule has 1 aliphatic rings. The molecule has 1 aliphatic carbocycles. The number of aromatic carboxylic acids is 1. The second-order valence-electron chi connectivity index (χ2n) is 5.52. The van der Waals surface area contributed by atoms with Gasteiger partial charge in [0.25, 0.3) is 0 Å². The smallest absolute Gasteiger partial charge is 0.347 e. The highest BCUT2D eigenvalue weighted by Crippen LogP contribution is 2.33. The Bertz CT molecular complexity index is 600. The summed E-state index contributed by atoms with van der Waals surface area (Å²) in [6.07, 6.45) is 4.91. The van der Waals surface area contributed by atoms with Crippen molar-refractivity contribution in [3.8, 4) is 0 Å². The first-order valence-electron chi connectivity index (χ1n) is 7.16. The van der Waals surface area contributed by atoms with Crippen LogP contribution in [0.2, 0.25) is 0 Å². The minimum absolute atomic E-state index is 0.0284. The molecule has 0 aliphatic heterocycles. The van der Waals surface area contributed by atoms with Gasteiger partial charge in [-0.05, 0) is 43.0 Å². The standard InChI is InChI=1S/C14H21NO4S2/c1-3-10-4-6-11(7-5-10)15(2)21(18,19)12-8-9-20-13(12)14(16)17/h8-11H,3-7H2,1-2H3,(H,16,17). The molecule has 0 atom stereocenters. The summed E-state index contributed by atoms with van der Waals surface area (Å²) in [6.45, 7) is 2.16. The maximum absolute atomic E-state index is 12.6. The number of carbonyl (C=O) groups is 1. The van der Waals surface area contributed by atoms with Crippen molar-refractivity contribution >= 4 is 27.3 Å². The third-order valence-electron chi connectivity index (χ3n) is 4.39. The summed E-state index contributed by atoms with van der Waals surface area (Å²) in [4.78, 5) is 10.9. The molecule has 2 rings (SSSR count). The zero-order valence-corrected chi connectivity index (χ0v) is 13.9. The summed E-state index contributed by atoms with van der Waals surface area (Å²) in [5.74, 6) is -0.500. The SMILES string of the molecule is CCC1CCC(N(C)S(=O)(=O)c2ccsc2C(=O)O)CC1. The number of hydrogen-bond acceptors (Lipinski definition) is 4. The van der Waals surface area contributed by atoms with Crippen LogP contribution in [-0.2, 0) is 10.0 Å². The van der Waals surface area contributed by atoms with Crippen LogP contribution in [0.5, 0.6) is 0 Å². The Kier molecular flexibility index (Phi) is 5.06. The van der Waals surface area contributed by atoms with E-state index < -0.39 is 16.0 Å². The molecule has 21 heavy (non-hydrogen) atoms. The van der Waals surface area contributed by atoms with Crippen molar-refractivity contribution < 1.29 is 18.3 Å². The van der Waals surface area contributed by atoms with E-state index in [1.165, 1.54) is 15.8 Å². The summed E-state index contributed by atoms with van der Waals surface area (Å²) < 4.78 is 26.6. The van der Waals surface area contributed by atoms with Gasteiger partial charge in [0.05, 0.1) is 0 Å². The molecule has 0 radical (unpaired) electrons. The van der Waals surface area contributed by atoms with Crippen molar-refractivity contribution in [1.29, 1.82) is 0 Å². The van der Waals surface area contributed by atoms with Crippen LogP contribution in [0.3, 0.4) is 0 Å². The monoisotopic (exact) mass is 331 g/mol. The molecular formula is C14H21NO4S2. The number of thiophene rings is 1. The van der Waals surface area contributed by atoms with Crippen LogP contribution >= 0.6 is 11.3 Å². The number of sulfonamides is 1. The van der Waals surface area contributed by atoms with Gasteiger partial charge < -0.3 is 5.11 Å². The molecule has 1 aromatic heterocycles. The molecule has 0 aromatic carbocycles. The Morgan fingerprint density at radius 2 is 2.00 bits per heavy atom. The normalized spacial score (nSPS) is 23.4. The lowest BCUT2D eigenvalue weighted by molar-refractivity contribution is 0.0698. The molecule has 7 heteroatoms. The largest absolute Gasteiger partial charge is 0.477 e. The lowest BCUT2D eigenvalue weighted by Gasteiger charge is -2.33. The van der Waals surface area contributed by atoms with E-state index in [0.717, 1.165) is 43.4 Å². The van der Waals surface area contributed by atoms with Crippen LogP contribution in [0.25, 0.3) is 0 Å². The van der Waals surface area contributed by atoms with E-state index in [1.807, 2.05) is 0 Å². The van der Waals surface area contributed by atoms with Gasteiger partial charge in [-0.2, -0.15) is 4.31 Å². The zero-order chi connectivity index (χ0) is 15.6. The topological polar surface area (TPSA) is 74.7 Å². The molecule has 0 bridgehead atoms. The van der Waals surface area contributed by atoms with Gasteiger partial charge in [-0.15, -0.1) is 11.3 Å². The van der Waals surface area contributed by atoms with E-state index in [4.69, 9.17) is 5.11 Å². The summed E-state index contributed by atoms with van der Waals surface area (Å²) in [5, 5.41) is 10.6. The Balaban J connectivity index is 2.19. The summed E-state index contributed by atoms with van der Waals surface area (Å²) in [5.41, 5.74) is 0. The van der Waals surface area contributed by atoms with E-state index in [0.29, 0.717) is 5.92 Å². The molecule has 1 saturated carbocycles. The van der Waals surface area contributed by atoms with E-state index in [9.17, 15) is 13.2 Å². The predicted octanol–water partition coefficient (Wildman–Crippen LogP) is 3.04. The van der Waals surface area contributed by atoms with E-state index in [1.54, 1.807) is 7.05 Å². The number of nitrogens with zero attached hydrogens (tertiary/aromatic N) is 1.